The molecule has 0 fully saturated rings. The van der Waals surface area contributed by atoms with Gasteiger partial charge in [-0.05, 0) is 47.7 Å². The van der Waals surface area contributed by atoms with E-state index >= 15 is 0 Å². The fourth-order valence-electron chi connectivity index (χ4n) is 1.47. The van der Waals surface area contributed by atoms with E-state index in [-0.39, 0.29) is 6.10 Å². The lowest BCUT2D eigenvalue weighted by molar-refractivity contribution is 0.151. The Kier molecular flexibility index (Phi) is 5.75. The van der Waals surface area contributed by atoms with Crippen molar-refractivity contribution in [2.75, 3.05) is 0 Å². The van der Waals surface area contributed by atoms with E-state index in [0.29, 0.717) is 0 Å². The summed E-state index contributed by atoms with van der Waals surface area (Å²) in [7, 11) is 0. The van der Waals surface area contributed by atoms with Crippen molar-refractivity contribution in [3.63, 3.8) is 0 Å². The highest BCUT2D eigenvalue weighted by Gasteiger charge is 2.03. The van der Waals surface area contributed by atoms with Gasteiger partial charge in [-0.3, -0.25) is 0 Å². The molecule has 1 unspecified atom stereocenters. The van der Waals surface area contributed by atoms with Crippen LogP contribution in [-0.4, -0.2) is 11.2 Å². The van der Waals surface area contributed by atoms with Crippen LogP contribution in [-0.2, 0) is 6.42 Å². The molecule has 1 heterocycles. The third-order valence-electron chi connectivity index (χ3n) is 2.20. The Morgan fingerprint density at radius 2 is 2.29 bits per heavy atom. The molecule has 0 saturated heterocycles. The van der Waals surface area contributed by atoms with Gasteiger partial charge in [0.25, 0.3) is 0 Å². The topological polar surface area (TPSA) is 20.2 Å². The fraction of sp³-hybridized carbons (Fsp3) is 0.636. The Labute approximate surface area is 98.3 Å². The van der Waals surface area contributed by atoms with Crippen molar-refractivity contribution in [1.82, 2.24) is 0 Å². The molecule has 0 saturated carbocycles. The first-order chi connectivity index (χ1) is 6.72. The molecule has 0 aliphatic rings. The summed E-state index contributed by atoms with van der Waals surface area (Å²) < 4.78 is 1.17. The first-order valence-corrected chi connectivity index (χ1v) is 6.80. The molecule has 3 heteroatoms. The van der Waals surface area contributed by atoms with Crippen molar-refractivity contribution < 1.29 is 5.11 Å². The van der Waals surface area contributed by atoms with Crippen LogP contribution in [0.3, 0.4) is 0 Å². The van der Waals surface area contributed by atoms with Gasteiger partial charge in [0.15, 0.2) is 0 Å². The van der Waals surface area contributed by atoms with E-state index in [1.165, 1.54) is 9.35 Å². The molecule has 0 radical (unpaired) electrons. The van der Waals surface area contributed by atoms with Gasteiger partial charge >= 0.3 is 0 Å². The van der Waals surface area contributed by atoms with Crippen LogP contribution in [0.4, 0.5) is 0 Å². The molecule has 0 bridgehead atoms. The Balaban J connectivity index is 2.15. The Bertz CT molecular complexity index is 260. The van der Waals surface area contributed by atoms with Gasteiger partial charge in [-0.15, -0.1) is 11.3 Å². The zero-order valence-electron chi connectivity index (χ0n) is 8.50. The van der Waals surface area contributed by atoms with Gasteiger partial charge in [0.05, 0.1) is 6.10 Å². The number of rotatable bonds is 6. The average Bonchev–Trinajstić information content (AvgIpc) is 2.52. The van der Waals surface area contributed by atoms with Crippen LogP contribution in [0.15, 0.2) is 15.9 Å². The maximum Gasteiger partial charge on any atom is 0.0540 e. The first kappa shape index (κ1) is 12.2. The summed E-state index contributed by atoms with van der Waals surface area (Å²) in [5, 5.41) is 11.6. The maximum atomic E-state index is 9.53. The van der Waals surface area contributed by atoms with Crippen LogP contribution in [0.1, 0.15) is 37.5 Å². The van der Waals surface area contributed by atoms with Crippen molar-refractivity contribution in [3.05, 3.63) is 20.8 Å². The molecule has 14 heavy (non-hydrogen) atoms. The molecule has 0 aliphatic heterocycles. The molecule has 1 rings (SSSR count). The third-order valence-corrected chi connectivity index (χ3v) is 3.96. The number of hydrogen-bond acceptors (Lipinski definition) is 2. The zero-order chi connectivity index (χ0) is 10.4. The second-order valence-corrected chi connectivity index (χ2v) is 5.48. The highest BCUT2D eigenvalue weighted by molar-refractivity contribution is 9.10. The molecule has 0 aromatic carbocycles. The molecule has 1 atom stereocenters. The molecule has 80 valence electrons. The number of hydrogen-bond donors (Lipinski definition) is 1. The van der Waals surface area contributed by atoms with Gasteiger partial charge in [-0.1, -0.05) is 13.3 Å². The minimum Gasteiger partial charge on any atom is -0.393 e. The SMILES string of the molecule is CCCC(O)CCCc1cc(Br)cs1. The number of aliphatic hydroxyl groups excluding tert-OH is 1. The van der Waals surface area contributed by atoms with Gasteiger partial charge in [0.2, 0.25) is 0 Å². The number of halogens is 1. The molecule has 0 amide bonds. The normalized spacial score (nSPS) is 13.1. The summed E-state index contributed by atoms with van der Waals surface area (Å²) in [5.41, 5.74) is 0. The maximum absolute atomic E-state index is 9.53. The fourth-order valence-corrected chi connectivity index (χ4v) is 2.97. The van der Waals surface area contributed by atoms with Crippen LogP contribution in [0, 0.1) is 0 Å². The number of aryl methyl sites for hydroxylation is 1. The van der Waals surface area contributed by atoms with E-state index in [0.717, 1.165) is 32.1 Å². The minimum absolute atomic E-state index is 0.0941. The highest BCUT2D eigenvalue weighted by atomic mass is 79.9. The van der Waals surface area contributed by atoms with Gasteiger partial charge in [0.1, 0.15) is 0 Å². The van der Waals surface area contributed by atoms with Crippen molar-refractivity contribution in [3.8, 4) is 0 Å². The van der Waals surface area contributed by atoms with Crippen molar-refractivity contribution in [2.45, 2.75) is 45.1 Å². The van der Waals surface area contributed by atoms with Gasteiger partial charge in [-0.2, -0.15) is 0 Å². The molecule has 0 aliphatic carbocycles. The minimum atomic E-state index is -0.0941. The van der Waals surface area contributed by atoms with Gasteiger partial charge in [-0.25, -0.2) is 0 Å². The molecular weight excluding hydrogens is 260 g/mol. The van der Waals surface area contributed by atoms with Crippen LogP contribution < -0.4 is 0 Å². The van der Waals surface area contributed by atoms with Crippen LogP contribution in [0.25, 0.3) is 0 Å². The lowest BCUT2D eigenvalue weighted by Crippen LogP contribution is -2.05. The monoisotopic (exact) mass is 276 g/mol. The second-order valence-electron chi connectivity index (χ2n) is 3.57. The number of aliphatic hydroxyl groups is 1. The first-order valence-electron chi connectivity index (χ1n) is 5.13. The lowest BCUT2D eigenvalue weighted by atomic mass is 10.1. The predicted octanol–water partition coefficient (Wildman–Crippen LogP) is 3.99. The molecule has 1 N–H and O–H groups in total. The lowest BCUT2D eigenvalue weighted by Gasteiger charge is -2.07. The van der Waals surface area contributed by atoms with Crippen molar-refractivity contribution >= 4 is 27.3 Å². The largest absolute Gasteiger partial charge is 0.393 e. The van der Waals surface area contributed by atoms with Gasteiger partial charge in [0, 0.05) is 14.7 Å². The smallest absolute Gasteiger partial charge is 0.0540 e. The van der Waals surface area contributed by atoms with Crippen molar-refractivity contribution in [1.29, 1.82) is 0 Å². The highest BCUT2D eigenvalue weighted by Crippen LogP contribution is 2.21. The molecule has 1 aromatic heterocycles. The Morgan fingerprint density at radius 3 is 2.86 bits per heavy atom. The van der Waals surface area contributed by atoms with E-state index in [1.54, 1.807) is 11.3 Å². The van der Waals surface area contributed by atoms with Crippen molar-refractivity contribution in [2.24, 2.45) is 0 Å². The third kappa shape index (κ3) is 4.58. The van der Waals surface area contributed by atoms with E-state index in [2.05, 4.69) is 34.3 Å². The van der Waals surface area contributed by atoms with Crippen LogP contribution in [0.2, 0.25) is 0 Å². The summed E-state index contributed by atoms with van der Waals surface area (Å²) in [6.07, 6.45) is 5.04. The summed E-state index contributed by atoms with van der Waals surface area (Å²) in [6, 6.07) is 2.16. The quantitative estimate of drug-likeness (QED) is 0.833. The van der Waals surface area contributed by atoms with Crippen LogP contribution >= 0.6 is 27.3 Å². The molecule has 1 nitrogen and oxygen atoms in total. The van der Waals surface area contributed by atoms with E-state index in [4.69, 9.17) is 0 Å². The molecule has 0 spiro atoms. The van der Waals surface area contributed by atoms with Crippen LogP contribution in [0.5, 0.6) is 0 Å². The standard InChI is InChI=1S/C11H17BrOS/c1-2-4-10(13)5-3-6-11-7-9(12)8-14-11/h7-8,10,13H,2-6H2,1H3. The van der Waals surface area contributed by atoms with Gasteiger partial charge < -0.3 is 5.11 Å². The summed E-state index contributed by atoms with van der Waals surface area (Å²) in [6.45, 7) is 2.11. The summed E-state index contributed by atoms with van der Waals surface area (Å²) >= 11 is 5.22. The summed E-state index contributed by atoms with van der Waals surface area (Å²) in [5.74, 6) is 0. The van der Waals surface area contributed by atoms with E-state index in [9.17, 15) is 5.11 Å². The van der Waals surface area contributed by atoms with E-state index in [1.807, 2.05) is 0 Å². The average molecular weight is 277 g/mol. The number of thiophene rings is 1. The predicted molar refractivity (Wildman–Crippen MR) is 65.9 cm³/mol. The second kappa shape index (κ2) is 6.59. The molecular formula is C11H17BrOS. The molecule has 1 aromatic rings. The Morgan fingerprint density at radius 1 is 1.50 bits per heavy atom. The zero-order valence-corrected chi connectivity index (χ0v) is 10.9. The summed E-state index contributed by atoms with van der Waals surface area (Å²) in [4.78, 5) is 1.40. The Hall–Kier alpha value is 0.140. The van der Waals surface area contributed by atoms with E-state index < -0.39 is 0 Å².